The van der Waals surface area contributed by atoms with E-state index in [4.69, 9.17) is 4.74 Å². The van der Waals surface area contributed by atoms with E-state index in [-0.39, 0.29) is 0 Å². The number of hydrogen-bond acceptors (Lipinski definition) is 3. The summed E-state index contributed by atoms with van der Waals surface area (Å²) in [4.78, 5) is 1.47. The molecule has 1 aromatic heterocycles. The van der Waals surface area contributed by atoms with Crippen LogP contribution in [0.2, 0.25) is 0 Å². The first-order chi connectivity index (χ1) is 9.66. The second-order valence-electron chi connectivity index (χ2n) is 5.89. The number of benzene rings is 1. The minimum Gasteiger partial charge on any atom is -0.381 e. The van der Waals surface area contributed by atoms with Crippen LogP contribution in [0, 0.1) is 12.8 Å². The highest BCUT2D eigenvalue weighted by atomic mass is 32.1. The van der Waals surface area contributed by atoms with Crippen LogP contribution in [-0.4, -0.2) is 19.3 Å². The number of rotatable bonds is 4. The van der Waals surface area contributed by atoms with Crippen molar-refractivity contribution in [3.63, 3.8) is 0 Å². The Bertz CT molecular complexity index is 586. The van der Waals surface area contributed by atoms with Gasteiger partial charge >= 0.3 is 0 Å². The summed E-state index contributed by atoms with van der Waals surface area (Å²) in [5, 5.41) is 5.17. The Morgan fingerprint density at radius 3 is 2.80 bits per heavy atom. The van der Waals surface area contributed by atoms with Gasteiger partial charge in [0.1, 0.15) is 0 Å². The third kappa shape index (κ3) is 2.62. The fourth-order valence-corrected chi connectivity index (χ4v) is 4.38. The molecular formula is C17H23NOS. The fraction of sp³-hybridized carbons (Fsp3) is 0.529. The van der Waals surface area contributed by atoms with Crippen molar-refractivity contribution in [1.82, 2.24) is 5.32 Å². The summed E-state index contributed by atoms with van der Waals surface area (Å²) in [7, 11) is 0. The Kier molecular flexibility index (Phi) is 4.11. The number of hydrogen-bond donors (Lipinski definition) is 1. The van der Waals surface area contributed by atoms with E-state index in [2.05, 4.69) is 50.4 Å². The Hall–Kier alpha value is -0.900. The Morgan fingerprint density at radius 1 is 1.30 bits per heavy atom. The molecule has 3 rings (SSSR count). The van der Waals surface area contributed by atoms with Crippen molar-refractivity contribution in [3.8, 4) is 0 Å². The van der Waals surface area contributed by atoms with Crippen LogP contribution < -0.4 is 5.32 Å². The molecule has 1 N–H and O–H groups in total. The first-order valence-corrected chi connectivity index (χ1v) is 8.30. The molecule has 3 unspecified atom stereocenters. The van der Waals surface area contributed by atoms with Gasteiger partial charge in [-0.15, -0.1) is 11.3 Å². The molecule has 2 nitrogen and oxygen atoms in total. The Balaban J connectivity index is 1.78. The predicted molar refractivity (Wildman–Crippen MR) is 86.5 cm³/mol. The fourth-order valence-electron chi connectivity index (χ4n) is 3.16. The van der Waals surface area contributed by atoms with Gasteiger partial charge in [-0.05, 0) is 50.1 Å². The molecule has 2 heterocycles. The van der Waals surface area contributed by atoms with Gasteiger partial charge in [-0.25, -0.2) is 0 Å². The van der Waals surface area contributed by atoms with Crippen molar-refractivity contribution >= 4 is 21.4 Å². The van der Waals surface area contributed by atoms with Gasteiger partial charge in [-0.3, -0.25) is 0 Å². The van der Waals surface area contributed by atoms with Gasteiger partial charge < -0.3 is 10.1 Å². The van der Waals surface area contributed by atoms with Crippen LogP contribution in [0.3, 0.4) is 0 Å². The lowest BCUT2D eigenvalue weighted by molar-refractivity contribution is 0.177. The molecule has 20 heavy (non-hydrogen) atoms. The van der Waals surface area contributed by atoms with Crippen molar-refractivity contribution in [1.29, 1.82) is 0 Å². The minimum atomic E-state index is 0.406. The average molecular weight is 289 g/mol. The number of nitrogens with one attached hydrogen (secondary N) is 1. The Morgan fingerprint density at radius 2 is 2.10 bits per heavy atom. The smallest absolute Gasteiger partial charge is 0.0509 e. The maximum atomic E-state index is 5.50. The van der Waals surface area contributed by atoms with E-state index < -0.39 is 0 Å². The topological polar surface area (TPSA) is 21.3 Å². The average Bonchev–Trinajstić information content (AvgIpc) is 3.07. The molecule has 0 aliphatic carbocycles. The van der Waals surface area contributed by atoms with E-state index in [1.807, 2.05) is 11.3 Å². The molecule has 2 aromatic rings. The van der Waals surface area contributed by atoms with Gasteiger partial charge in [0.15, 0.2) is 0 Å². The molecule has 0 amide bonds. The monoisotopic (exact) mass is 289 g/mol. The predicted octanol–water partition coefficient (Wildman–Crippen LogP) is 4.29. The summed E-state index contributed by atoms with van der Waals surface area (Å²) in [5.74, 6) is 0.659. The molecule has 1 saturated heterocycles. The van der Waals surface area contributed by atoms with E-state index in [0.29, 0.717) is 18.0 Å². The lowest BCUT2D eigenvalue weighted by atomic mass is 9.99. The normalized spacial score (nSPS) is 22.2. The number of aryl methyl sites for hydroxylation is 1. The van der Waals surface area contributed by atoms with Crippen LogP contribution in [0.1, 0.15) is 36.8 Å². The molecule has 3 atom stereocenters. The summed E-state index contributed by atoms with van der Waals surface area (Å²) in [5.41, 5.74) is 1.43. The van der Waals surface area contributed by atoms with E-state index in [9.17, 15) is 0 Å². The Labute approximate surface area is 125 Å². The second-order valence-corrected chi connectivity index (χ2v) is 6.97. The van der Waals surface area contributed by atoms with Gasteiger partial charge in [0, 0.05) is 28.3 Å². The zero-order valence-corrected chi connectivity index (χ0v) is 13.3. The van der Waals surface area contributed by atoms with Crippen molar-refractivity contribution < 1.29 is 4.74 Å². The van der Waals surface area contributed by atoms with Gasteiger partial charge in [0.05, 0.1) is 6.61 Å². The lowest BCUT2D eigenvalue weighted by Crippen LogP contribution is -2.35. The molecule has 1 aliphatic rings. The van der Waals surface area contributed by atoms with Crippen LogP contribution in [0.5, 0.6) is 0 Å². The van der Waals surface area contributed by atoms with Gasteiger partial charge in [-0.2, -0.15) is 0 Å². The molecule has 3 heteroatoms. The van der Waals surface area contributed by atoms with Crippen LogP contribution in [0.4, 0.5) is 0 Å². The zero-order chi connectivity index (χ0) is 14.1. The van der Waals surface area contributed by atoms with Crippen LogP contribution >= 0.6 is 11.3 Å². The summed E-state index contributed by atoms with van der Waals surface area (Å²) in [6.45, 7) is 8.65. The highest BCUT2D eigenvalue weighted by molar-refractivity contribution is 7.19. The molecule has 0 radical (unpaired) electrons. The van der Waals surface area contributed by atoms with Gasteiger partial charge in [-0.1, -0.05) is 18.2 Å². The van der Waals surface area contributed by atoms with Crippen molar-refractivity contribution in [2.24, 2.45) is 5.92 Å². The largest absolute Gasteiger partial charge is 0.381 e. The zero-order valence-electron chi connectivity index (χ0n) is 12.5. The summed E-state index contributed by atoms with van der Waals surface area (Å²) in [6.07, 6.45) is 1.19. The molecule has 1 fully saturated rings. The number of fused-ring (bicyclic) bond motifs is 1. The number of thiophene rings is 1. The molecule has 0 saturated carbocycles. The molecule has 0 spiro atoms. The maximum absolute atomic E-state index is 5.50. The standard InChI is InChI=1S/C17H23NOS/c1-11-15-6-4-5-7-16(15)20-17(11)13(3)18-12(2)14-8-9-19-10-14/h4-7,12-14,18H,8-10H2,1-3H3. The SMILES string of the molecule is Cc1c(C(C)NC(C)C2CCOC2)sc2ccccc12. The first kappa shape index (κ1) is 14.1. The van der Waals surface area contributed by atoms with Gasteiger partial charge in [0.2, 0.25) is 0 Å². The van der Waals surface area contributed by atoms with Crippen molar-refractivity contribution in [2.45, 2.75) is 39.3 Å². The van der Waals surface area contributed by atoms with Crippen LogP contribution in [0.15, 0.2) is 24.3 Å². The van der Waals surface area contributed by atoms with E-state index in [1.54, 1.807) is 0 Å². The summed E-state index contributed by atoms with van der Waals surface area (Å²) < 4.78 is 6.89. The highest BCUT2D eigenvalue weighted by Crippen LogP contribution is 2.35. The van der Waals surface area contributed by atoms with E-state index in [1.165, 1.54) is 26.9 Å². The van der Waals surface area contributed by atoms with Gasteiger partial charge in [0.25, 0.3) is 0 Å². The van der Waals surface area contributed by atoms with E-state index >= 15 is 0 Å². The quantitative estimate of drug-likeness (QED) is 0.907. The minimum absolute atomic E-state index is 0.406. The molecule has 1 aromatic carbocycles. The maximum Gasteiger partial charge on any atom is 0.0509 e. The molecule has 1 aliphatic heterocycles. The molecule has 108 valence electrons. The lowest BCUT2D eigenvalue weighted by Gasteiger charge is -2.24. The summed E-state index contributed by atoms with van der Waals surface area (Å²) >= 11 is 1.92. The van der Waals surface area contributed by atoms with Crippen LogP contribution in [0.25, 0.3) is 10.1 Å². The number of ether oxygens (including phenoxy) is 1. The van der Waals surface area contributed by atoms with Crippen LogP contribution in [-0.2, 0) is 4.74 Å². The third-order valence-electron chi connectivity index (χ3n) is 4.46. The summed E-state index contributed by atoms with van der Waals surface area (Å²) in [6, 6.07) is 9.62. The van der Waals surface area contributed by atoms with E-state index in [0.717, 1.165) is 13.2 Å². The molecule has 0 bridgehead atoms. The first-order valence-electron chi connectivity index (χ1n) is 7.48. The van der Waals surface area contributed by atoms with Crippen molar-refractivity contribution in [3.05, 3.63) is 34.7 Å². The molecular weight excluding hydrogens is 266 g/mol. The third-order valence-corrected chi connectivity index (χ3v) is 5.91. The highest BCUT2D eigenvalue weighted by Gasteiger charge is 2.24. The van der Waals surface area contributed by atoms with Crippen molar-refractivity contribution in [2.75, 3.05) is 13.2 Å². The second kappa shape index (κ2) is 5.84.